The summed E-state index contributed by atoms with van der Waals surface area (Å²) in [6, 6.07) is 10.6. The second-order valence-electron chi connectivity index (χ2n) is 10.3. The van der Waals surface area contributed by atoms with Crippen molar-refractivity contribution in [3.05, 3.63) is 87.2 Å². The predicted octanol–water partition coefficient (Wildman–Crippen LogP) is 4.18. The van der Waals surface area contributed by atoms with Gasteiger partial charge in [-0.1, -0.05) is 30.3 Å². The van der Waals surface area contributed by atoms with Crippen molar-refractivity contribution < 1.29 is 26.4 Å². The molecule has 1 aliphatic carbocycles. The van der Waals surface area contributed by atoms with Crippen LogP contribution in [0.5, 0.6) is 0 Å². The molecule has 198 valence electrons. The molecule has 0 unspecified atom stereocenters. The van der Waals surface area contributed by atoms with Gasteiger partial charge in [-0.05, 0) is 57.2 Å². The summed E-state index contributed by atoms with van der Waals surface area (Å²) >= 11 is 0. The fourth-order valence-electron chi connectivity index (χ4n) is 5.86. The minimum absolute atomic E-state index is 0.0183. The molecular formula is C26H29F2N3O5S. The summed E-state index contributed by atoms with van der Waals surface area (Å²) in [5, 5.41) is 5.34. The van der Waals surface area contributed by atoms with Gasteiger partial charge in [0.2, 0.25) is 15.9 Å². The van der Waals surface area contributed by atoms with Gasteiger partial charge in [-0.2, -0.15) is 4.31 Å². The molecule has 37 heavy (non-hydrogen) atoms. The molecule has 0 bridgehead atoms. The van der Waals surface area contributed by atoms with Crippen LogP contribution in [-0.2, 0) is 26.7 Å². The lowest BCUT2D eigenvalue weighted by Crippen LogP contribution is -2.55. The molecule has 0 radical (unpaired) electrons. The van der Waals surface area contributed by atoms with Gasteiger partial charge in [-0.15, -0.1) is 5.10 Å². The maximum Gasteiger partial charge on any atom is 0.434 e. The molecule has 0 amide bonds. The van der Waals surface area contributed by atoms with Crippen LogP contribution in [0.1, 0.15) is 67.4 Å². The SMILES string of the molecule is COC1(C)CC(c2n[nH]c(=O)o2)(c2cc(F)c(CN3[C@@H](C)CC[C@H](c4ccccc4)S3(=O)=O)cc2F)C1. The minimum atomic E-state index is -3.82. The van der Waals surface area contributed by atoms with Gasteiger partial charge in [-0.3, -0.25) is 0 Å². The Morgan fingerprint density at radius 2 is 1.86 bits per heavy atom. The number of rotatable bonds is 6. The molecule has 1 aliphatic heterocycles. The van der Waals surface area contributed by atoms with Crippen LogP contribution in [0.25, 0.3) is 0 Å². The molecule has 1 aromatic heterocycles. The van der Waals surface area contributed by atoms with Crippen LogP contribution in [0.2, 0.25) is 0 Å². The first-order chi connectivity index (χ1) is 17.5. The van der Waals surface area contributed by atoms with Gasteiger partial charge >= 0.3 is 5.76 Å². The van der Waals surface area contributed by atoms with E-state index in [1.54, 1.807) is 31.2 Å². The van der Waals surface area contributed by atoms with E-state index in [4.69, 9.17) is 9.15 Å². The van der Waals surface area contributed by atoms with Gasteiger partial charge in [0.25, 0.3) is 0 Å². The molecule has 2 heterocycles. The molecule has 1 N–H and O–H groups in total. The van der Waals surface area contributed by atoms with E-state index >= 15 is 8.78 Å². The number of nitrogens with one attached hydrogen (secondary N) is 1. The number of halogens is 2. The van der Waals surface area contributed by atoms with Gasteiger partial charge < -0.3 is 9.15 Å². The Kier molecular flexibility index (Phi) is 6.36. The third-order valence-electron chi connectivity index (χ3n) is 7.87. The molecule has 2 aromatic carbocycles. The van der Waals surface area contributed by atoms with Crippen LogP contribution in [0.4, 0.5) is 8.78 Å². The molecule has 11 heteroatoms. The summed E-state index contributed by atoms with van der Waals surface area (Å²) in [4.78, 5) is 11.6. The van der Waals surface area contributed by atoms with Crippen molar-refractivity contribution in [2.45, 2.75) is 68.4 Å². The smallest absolute Gasteiger partial charge is 0.391 e. The zero-order valence-corrected chi connectivity index (χ0v) is 21.6. The van der Waals surface area contributed by atoms with Crippen LogP contribution in [0.15, 0.2) is 51.7 Å². The van der Waals surface area contributed by atoms with E-state index in [0.29, 0.717) is 18.4 Å². The molecule has 3 aromatic rings. The van der Waals surface area contributed by atoms with E-state index in [-0.39, 0.29) is 42.4 Å². The maximum absolute atomic E-state index is 15.6. The largest absolute Gasteiger partial charge is 0.434 e. The van der Waals surface area contributed by atoms with E-state index in [1.165, 1.54) is 11.4 Å². The zero-order valence-electron chi connectivity index (χ0n) is 20.8. The Labute approximate surface area is 213 Å². The normalized spacial score (nSPS) is 29.6. The van der Waals surface area contributed by atoms with Crippen LogP contribution in [0.3, 0.4) is 0 Å². The fourth-order valence-corrected chi connectivity index (χ4v) is 8.04. The molecular weight excluding hydrogens is 504 g/mol. The van der Waals surface area contributed by atoms with Crippen molar-refractivity contribution in [1.82, 2.24) is 14.5 Å². The van der Waals surface area contributed by atoms with E-state index in [1.807, 2.05) is 13.0 Å². The molecule has 1 saturated carbocycles. The highest BCUT2D eigenvalue weighted by Crippen LogP contribution is 2.56. The van der Waals surface area contributed by atoms with Crippen LogP contribution >= 0.6 is 0 Å². The highest BCUT2D eigenvalue weighted by Gasteiger charge is 2.59. The lowest BCUT2D eigenvalue weighted by atomic mass is 9.56. The summed E-state index contributed by atoms with van der Waals surface area (Å²) in [6.45, 7) is 3.30. The molecule has 2 aliphatic rings. The first kappa shape index (κ1) is 25.7. The average molecular weight is 534 g/mol. The monoisotopic (exact) mass is 533 g/mol. The van der Waals surface area contributed by atoms with Crippen LogP contribution in [-0.4, -0.2) is 41.7 Å². The zero-order chi connectivity index (χ0) is 26.6. The number of aromatic amines is 1. The lowest BCUT2D eigenvalue weighted by Gasteiger charge is -2.52. The number of hydrogen-bond donors (Lipinski definition) is 1. The number of ether oxygens (including phenoxy) is 1. The summed E-state index contributed by atoms with van der Waals surface area (Å²) < 4.78 is 70.2. The number of sulfonamides is 1. The number of hydrogen-bond acceptors (Lipinski definition) is 6. The molecule has 2 atom stereocenters. The van der Waals surface area contributed by atoms with Gasteiger partial charge in [0.1, 0.15) is 16.9 Å². The highest BCUT2D eigenvalue weighted by molar-refractivity contribution is 7.89. The third-order valence-corrected chi connectivity index (χ3v) is 10.2. The molecule has 0 spiro atoms. The lowest BCUT2D eigenvalue weighted by molar-refractivity contribution is -0.101. The van der Waals surface area contributed by atoms with Gasteiger partial charge in [-0.25, -0.2) is 27.1 Å². The number of methoxy groups -OCH3 is 1. The van der Waals surface area contributed by atoms with Crippen molar-refractivity contribution in [3.8, 4) is 0 Å². The Balaban J connectivity index is 1.49. The van der Waals surface area contributed by atoms with Crippen molar-refractivity contribution in [1.29, 1.82) is 0 Å². The van der Waals surface area contributed by atoms with Crippen LogP contribution < -0.4 is 5.76 Å². The topological polar surface area (TPSA) is 106 Å². The molecule has 1 saturated heterocycles. The quantitative estimate of drug-likeness (QED) is 0.510. The summed E-state index contributed by atoms with van der Waals surface area (Å²) in [5.41, 5.74) is -1.25. The summed E-state index contributed by atoms with van der Waals surface area (Å²) in [5.74, 6) is -2.32. The Hall–Kier alpha value is -2.89. The average Bonchev–Trinajstić information content (AvgIpc) is 3.28. The van der Waals surface area contributed by atoms with Gasteiger partial charge in [0, 0.05) is 30.8 Å². The van der Waals surface area contributed by atoms with Crippen molar-refractivity contribution in [2.75, 3.05) is 7.11 Å². The van der Waals surface area contributed by atoms with Crippen molar-refractivity contribution in [3.63, 3.8) is 0 Å². The van der Waals surface area contributed by atoms with E-state index in [9.17, 15) is 13.2 Å². The Morgan fingerprint density at radius 1 is 1.16 bits per heavy atom. The Bertz CT molecular complexity index is 1460. The first-order valence-corrected chi connectivity index (χ1v) is 13.6. The van der Waals surface area contributed by atoms with Gasteiger partial charge in [0.15, 0.2) is 0 Å². The summed E-state index contributed by atoms with van der Waals surface area (Å²) in [7, 11) is -2.30. The van der Waals surface area contributed by atoms with E-state index in [0.717, 1.165) is 12.1 Å². The van der Waals surface area contributed by atoms with Crippen LogP contribution in [0, 0.1) is 11.6 Å². The number of aromatic nitrogens is 2. The number of benzene rings is 2. The van der Waals surface area contributed by atoms with Gasteiger partial charge in [0.05, 0.1) is 11.0 Å². The van der Waals surface area contributed by atoms with E-state index < -0.39 is 43.7 Å². The standard InChI is InChI=1S/C26H29F2N3O5S/c1-16-9-10-22(17-7-5-4-6-8-17)37(33,34)31(16)13-18-11-21(28)19(12-20(18)27)26(14-25(2,15-26)35-3)23-29-30-24(32)36-23/h4-8,11-12,16,22H,9-10,13-15H2,1-3H3,(H,30,32)/t16-,22+,25?,26?/m0/s1. The minimum Gasteiger partial charge on any atom is -0.391 e. The highest BCUT2D eigenvalue weighted by atomic mass is 32.2. The molecule has 5 rings (SSSR count). The second kappa shape index (κ2) is 9.14. The fraction of sp³-hybridized carbons (Fsp3) is 0.462. The number of H-pyrrole nitrogens is 1. The molecule has 2 fully saturated rings. The first-order valence-electron chi connectivity index (χ1n) is 12.1. The maximum atomic E-state index is 15.6. The predicted molar refractivity (Wildman–Crippen MR) is 131 cm³/mol. The second-order valence-corrected chi connectivity index (χ2v) is 12.4. The molecule has 8 nitrogen and oxygen atoms in total. The third kappa shape index (κ3) is 4.32. The summed E-state index contributed by atoms with van der Waals surface area (Å²) in [6.07, 6.45) is 1.49. The number of nitrogens with zero attached hydrogens (tertiary/aromatic N) is 2. The van der Waals surface area contributed by atoms with Crippen molar-refractivity contribution >= 4 is 10.0 Å². The van der Waals surface area contributed by atoms with E-state index in [2.05, 4.69) is 10.2 Å². The van der Waals surface area contributed by atoms with Crippen molar-refractivity contribution in [2.24, 2.45) is 0 Å². The Morgan fingerprint density at radius 3 is 2.49 bits per heavy atom.